The zero-order valence-electron chi connectivity index (χ0n) is 30.8. The van der Waals surface area contributed by atoms with Crippen molar-refractivity contribution in [1.29, 1.82) is 0 Å². The van der Waals surface area contributed by atoms with E-state index in [9.17, 15) is 24.3 Å². The number of carboxylic acid groups (broad SMARTS) is 2. The summed E-state index contributed by atoms with van der Waals surface area (Å²) in [5, 5.41) is 19.8. The number of hydrogen-bond acceptors (Lipinski definition) is 8. The molecule has 0 bridgehead atoms. The molecule has 0 aliphatic carbocycles. The van der Waals surface area contributed by atoms with Crippen molar-refractivity contribution < 1.29 is 38.9 Å². The average Bonchev–Trinajstić information content (AvgIpc) is 3.20. The van der Waals surface area contributed by atoms with Gasteiger partial charge in [-0.3, -0.25) is 19.4 Å². The Morgan fingerprint density at radius 1 is 0.552 bits per heavy atom. The van der Waals surface area contributed by atoms with Crippen LogP contribution in [0, 0.1) is 0 Å². The van der Waals surface area contributed by atoms with E-state index in [0.717, 1.165) is 44.3 Å². The van der Waals surface area contributed by atoms with Crippen LogP contribution in [0.15, 0.2) is 81.7 Å². The maximum absolute atomic E-state index is 12.5. The highest BCUT2D eigenvalue weighted by Gasteiger charge is 2.25. The van der Waals surface area contributed by atoms with Crippen LogP contribution in [0.3, 0.4) is 0 Å². The van der Waals surface area contributed by atoms with E-state index in [1.807, 2.05) is 48.5 Å². The Kier molecular flexibility index (Phi) is 16.9. The van der Waals surface area contributed by atoms with Crippen LogP contribution >= 0.6 is 78.3 Å². The molecule has 12 nitrogen and oxygen atoms in total. The highest BCUT2D eigenvalue weighted by atomic mass is 79.9. The Morgan fingerprint density at radius 2 is 0.966 bits per heavy atom. The zero-order valence-corrected chi connectivity index (χ0v) is 37.0. The third kappa shape index (κ3) is 12.7. The Hall–Kier alpha value is -3.60. The number of hydrogen-bond donors (Lipinski definition) is 2. The molecule has 0 aromatic heterocycles. The van der Waals surface area contributed by atoms with Gasteiger partial charge in [0.1, 0.15) is 5.75 Å². The minimum atomic E-state index is -1.19. The van der Waals surface area contributed by atoms with E-state index in [4.69, 9.17) is 61.0 Å². The topological polar surface area (TPSA) is 140 Å². The fraction of sp³-hybridized carbons (Fsp3) is 0.300. The average molecular weight is 1000 g/mol. The molecule has 2 aliphatic heterocycles. The number of aromatic carboxylic acids is 2. The van der Waals surface area contributed by atoms with Gasteiger partial charge in [0.05, 0.1) is 30.1 Å². The quantitative estimate of drug-likeness (QED) is 0.142. The van der Waals surface area contributed by atoms with Crippen molar-refractivity contribution in [2.24, 2.45) is 0 Å². The van der Waals surface area contributed by atoms with Crippen molar-refractivity contribution in [2.75, 3.05) is 65.6 Å². The lowest BCUT2D eigenvalue weighted by molar-refractivity contribution is -0.135. The summed E-state index contributed by atoms with van der Waals surface area (Å²) < 4.78 is 12.0. The number of halogens is 6. The summed E-state index contributed by atoms with van der Waals surface area (Å²) in [5.74, 6) is -2.29. The van der Waals surface area contributed by atoms with E-state index in [1.54, 1.807) is 15.9 Å². The number of nitrogens with zero attached hydrogens (tertiary/aromatic N) is 4. The van der Waals surface area contributed by atoms with Crippen LogP contribution in [0.2, 0.25) is 20.1 Å². The normalized spacial score (nSPS) is 14.7. The van der Waals surface area contributed by atoms with Crippen molar-refractivity contribution >= 4 is 102 Å². The van der Waals surface area contributed by atoms with Crippen LogP contribution < -0.4 is 9.47 Å². The molecule has 58 heavy (non-hydrogen) atoms. The minimum Gasteiger partial charge on any atom is -0.481 e. The summed E-state index contributed by atoms with van der Waals surface area (Å²) in [5.41, 5.74) is 2.30. The Bertz CT molecular complexity index is 1950. The number of carbonyl (C=O) groups excluding carboxylic acids is 2. The summed E-state index contributed by atoms with van der Waals surface area (Å²) in [4.78, 5) is 55.5. The molecular formula is C40H38Br2Cl4N4O8. The zero-order chi connectivity index (χ0) is 41.9. The van der Waals surface area contributed by atoms with E-state index in [-0.39, 0.29) is 51.9 Å². The van der Waals surface area contributed by atoms with Gasteiger partial charge in [0, 0.05) is 75.5 Å². The molecule has 2 aliphatic rings. The molecule has 4 aromatic rings. The molecule has 0 radical (unpaired) electrons. The summed E-state index contributed by atoms with van der Waals surface area (Å²) >= 11 is 30.5. The Morgan fingerprint density at radius 3 is 1.40 bits per heavy atom. The van der Waals surface area contributed by atoms with Gasteiger partial charge in [-0.15, -0.1) is 0 Å². The lowest BCUT2D eigenvalue weighted by atomic mass is 10.2. The van der Waals surface area contributed by atoms with Gasteiger partial charge in [0.2, 0.25) is 0 Å². The van der Waals surface area contributed by atoms with E-state index in [1.165, 1.54) is 29.3 Å². The summed E-state index contributed by atoms with van der Waals surface area (Å²) in [6.45, 7) is 6.61. The second-order valence-electron chi connectivity index (χ2n) is 13.2. The first-order chi connectivity index (χ1) is 27.7. The maximum atomic E-state index is 12.5. The predicted molar refractivity (Wildman–Crippen MR) is 230 cm³/mol. The molecule has 2 N–H and O–H groups in total. The highest BCUT2D eigenvalue weighted by Crippen LogP contribution is 2.37. The molecule has 2 fully saturated rings. The fourth-order valence-corrected chi connectivity index (χ4v) is 8.27. The van der Waals surface area contributed by atoms with E-state index < -0.39 is 11.9 Å². The lowest BCUT2D eigenvalue weighted by Crippen LogP contribution is -2.49. The SMILES string of the molecule is O=C(O)c1ccc(Br)c(OCC(=O)N2CCN(Cc3ccc(Cl)cc3)CC2)c1Br.O=C(O)c1ccc(Cl)c(OCC(=O)N2CCN(Cc3ccc(Cl)cc3)CC2)c1Cl. The Balaban J connectivity index is 0.000000221. The number of piperazine rings is 2. The van der Waals surface area contributed by atoms with Gasteiger partial charge in [-0.05, 0) is 91.5 Å². The second kappa shape index (κ2) is 21.6. The van der Waals surface area contributed by atoms with Gasteiger partial charge < -0.3 is 29.5 Å². The third-order valence-electron chi connectivity index (χ3n) is 9.33. The number of carboxylic acids is 2. The molecule has 4 aromatic carbocycles. The van der Waals surface area contributed by atoms with Gasteiger partial charge in [-0.2, -0.15) is 0 Å². The molecule has 0 spiro atoms. The van der Waals surface area contributed by atoms with Crippen LogP contribution in [0.25, 0.3) is 0 Å². The van der Waals surface area contributed by atoms with Crippen molar-refractivity contribution in [1.82, 2.24) is 19.6 Å². The monoisotopic (exact) mass is 1000 g/mol. The number of benzene rings is 4. The largest absolute Gasteiger partial charge is 0.481 e. The van der Waals surface area contributed by atoms with Crippen LogP contribution in [0.4, 0.5) is 0 Å². The van der Waals surface area contributed by atoms with Crippen LogP contribution in [0.5, 0.6) is 11.5 Å². The number of rotatable bonds is 12. The Labute approximate surface area is 372 Å². The molecule has 0 unspecified atom stereocenters. The van der Waals surface area contributed by atoms with E-state index in [0.29, 0.717) is 45.9 Å². The molecule has 18 heteroatoms. The fourth-order valence-electron chi connectivity index (χ4n) is 6.12. The molecule has 0 atom stereocenters. The van der Waals surface area contributed by atoms with Gasteiger partial charge >= 0.3 is 11.9 Å². The van der Waals surface area contributed by atoms with Gasteiger partial charge in [0.25, 0.3) is 11.8 Å². The van der Waals surface area contributed by atoms with Crippen LogP contribution in [-0.2, 0) is 22.7 Å². The minimum absolute atomic E-state index is 0.00274. The van der Waals surface area contributed by atoms with Crippen molar-refractivity contribution in [3.63, 3.8) is 0 Å². The predicted octanol–water partition coefficient (Wildman–Crippen LogP) is 8.35. The third-order valence-corrected chi connectivity index (χ3v) is 11.9. The smallest absolute Gasteiger partial charge is 0.337 e. The second-order valence-corrected chi connectivity index (χ2v) is 16.5. The van der Waals surface area contributed by atoms with Crippen molar-refractivity contribution in [2.45, 2.75) is 13.1 Å². The summed E-state index contributed by atoms with van der Waals surface area (Å²) in [7, 11) is 0. The van der Waals surface area contributed by atoms with Crippen molar-refractivity contribution in [3.8, 4) is 11.5 Å². The van der Waals surface area contributed by atoms with Gasteiger partial charge in [-0.1, -0.05) is 70.7 Å². The number of amides is 2. The molecule has 2 saturated heterocycles. The highest BCUT2D eigenvalue weighted by molar-refractivity contribution is 9.11. The van der Waals surface area contributed by atoms with Crippen LogP contribution in [-0.4, -0.2) is 119 Å². The van der Waals surface area contributed by atoms with Gasteiger partial charge in [0.15, 0.2) is 19.0 Å². The molecular weight excluding hydrogens is 966 g/mol. The number of carbonyl (C=O) groups is 4. The van der Waals surface area contributed by atoms with Gasteiger partial charge in [-0.25, -0.2) is 9.59 Å². The molecule has 2 amide bonds. The number of ether oxygens (including phenoxy) is 2. The molecule has 308 valence electrons. The molecule has 0 saturated carbocycles. The maximum Gasteiger partial charge on any atom is 0.337 e. The molecule has 6 rings (SSSR count). The summed E-state index contributed by atoms with van der Waals surface area (Å²) in [6.07, 6.45) is 0. The van der Waals surface area contributed by atoms with E-state index >= 15 is 0 Å². The first-order valence-corrected chi connectivity index (χ1v) is 21.0. The standard InChI is InChI=1S/C20H19Br2ClN2O4.C20H19Cl3N2O4/c21-16-6-5-15(20(27)28)18(22)19(16)29-12-17(26)25-9-7-24(8-10-25)11-13-1-3-14(23)4-2-13;21-14-3-1-13(2-4-14)11-24-7-9-25(10-8-24)17(26)12-29-19-16(22)6-5-15(18(19)23)20(27)28/h2*1-6H,7-12H2,(H,27,28). The molecule has 2 heterocycles. The van der Waals surface area contributed by atoms with Crippen molar-refractivity contribution in [3.05, 3.63) is 124 Å². The van der Waals surface area contributed by atoms with E-state index in [2.05, 4.69) is 41.7 Å². The summed E-state index contributed by atoms with van der Waals surface area (Å²) in [6, 6.07) is 21.2. The van der Waals surface area contributed by atoms with Crippen LogP contribution in [0.1, 0.15) is 31.8 Å². The first kappa shape index (κ1) is 45.5. The first-order valence-electron chi connectivity index (χ1n) is 17.9. The lowest BCUT2D eigenvalue weighted by Gasteiger charge is -2.34.